The van der Waals surface area contributed by atoms with Crippen LogP contribution in [0.2, 0.25) is 10.0 Å². The van der Waals surface area contributed by atoms with Crippen molar-refractivity contribution in [1.29, 1.82) is 10.5 Å². The van der Waals surface area contributed by atoms with Gasteiger partial charge in [-0.1, -0.05) is 23.2 Å². The van der Waals surface area contributed by atoms with E-state index >= 15 is 0 Å². The van der Waals surface area contributed by atoms with Gasteiger partial charge in [0.05, 0.1) is 16.1 Å². The van der Waals surface area contributed by atoms with Crippen molar-refractivity contribution in [3.63, 3.8) is 0 Å². The van der Waals surface area contributed by atoms with Crippen LogP contribution in [0.25, 0.3) is 0 Å². The predicted octanol–water partition coefficient (Wildman–Crippen LogP) is 2.44. The summed E-state index contributed by atoms with van der Waals surface area (Å²) in [5.74, 6) is -0.304. The van der Waals surface area contributed by atoms with Crippen molar-refractivity contribution in [3.05, 3.63) is 27.2 Å². The molecule has 0 saturated heterocycles. The third-order valence-corrected chi connectivity index (χ3v) is 2.10. The standard InChI is InChI=1S/C8H2Cl2N2O/c9-6-1-7(13)8(10)5(3-12)4(6)2-11/h1,13H. The normalized spacial score (nSPS) is 8.92. The highest BCUT2D eigenvalue weighted by molar-refractivity contribution is 6.36. The highest BCUT2D eigenvalue weighted by Gasteiger charge is 2.14. The van der Waals surface area contributed by atoms with Gasteiger partial charge in [-0.3, -0.25) is 0 Å². The number of halogens is 2. The Morgan fingerprint density at radius 3 is 2.15 bits per heavy atom. The van der Waals surface area contributed by atoms with E-state index in [-0.39, 0.29) is 26.9 Å². The largest absolute Gasteiger partial charge is 0.506 e. The molecular weight excluding hydrogens is 211 g/mol. The van der Waals surface area contributed by atoms with Crippen LogP contribution in [-0.2, 0) is 0 Å². The van der Waals surface area contributed by atoms with Crippen LogP contribution in [0.3, 0.4) is 0 Å². The molecule has 1 aromatic carbocycles. The van der Waals surface area contributed by atoms with Crippen molar-refractivity contribution in [1.82, 2.24) is 0 Å². The lowest BCUT2D eigenvalue weighted by Crippen LogP contribution is -1.87. The van der Waals surface area contributed by atoms with E-state index in [1.165, 1.54) is 0 Å². The minimum atomic E-state index is -0.304. The molecular formula is C8H2Cl2N2O. The zero-order valence-corrected chi connectivity index (χ0v) is 7.69. The second-order valence-corrected chi connectivity index (χ2v) is 2.95. The van der Waals surface area contributed by atoms with Crippen molar-refractivity contribution in [2.75, 3.05) is 0 Å². The van der Waals surface area contributed by atoms with E-state index in [0.717, 1.165) is 6.07 Å². The molecule has 64 valence electrons. The van der Waals surface area contributed by atoms with E-state index in [9.17, 15) is 0 Å². The fourth-order valence-electron chi connectivity index (χ4n) is 0.827. The molecule has 0 radical (unpaired) electrons. The molecule has 0 atom stereocenters. The Morgan fingerprint density at radius 1 is 1.15 bits per heavy atom. The van der Waals surface area contributed by atoms with Gasteiger partial charge in [0.15, 0.2) is 0 Å². The van der Waals surface area contributed by atoms with Crippen molar-refractivity contribution in [2.24, 2.45) is 0 Å². The topological polar surface area (TPSA) is 67.8 Å². The summed E-state index contributed by atoms with van der Waals surface area (Å²) in [4.78, 5) is 0. The van der Waals surface area contributed by atoms with E-state index in [0.29, 0.717) is 0 Å². The van der Waals surface area contributed by atoms with Crippen LogP contribution in [0.15, 0.2) is 6.07 Å². The second kappa shape index (κ2) is 3.53. The van der Waals surface area contributed by atoms with Crippen LogP contribution in [0.1, 0.15) is 11.1 Å². The monoisotopic (exact) mass is 212 g/mol. The molecule has 0 amide bonds. The average Bonchev–Trinajstić information content (AvgIpc) is 2.10. The third kappa shape index (κ3) is 1.53. The summed E-state index contributed by atoms with van der Waals surface area (Å²) in [6.45, 7) is 0. The predicted molar refractivity (Wildman–Crippen MR) is 47.6 cm³/mol. The first-order valence-corrected chi connectivity index (χ1v) is 3.88. The molecule has 0 fully saturated rings. The summed E-state index contributed by atoms with van der Waals surface area (Å²) in [7, 11) is 0. The van der Waals surface area contributed by atoms with Crippen LogP contribution in [0, 0.1) is 22.7 Å². The van der Waals surface area contributed by atoms with Crippen molar-refractivity contribution < 1.29 is 5.11 Å². The van der Waals surface area contributed by atoms with Crippen molar-refractivity contribution in [3.8, 4) is 17.9 Å². The minimum absolute atomic E-state index is 0.0148. The second-order valence-electron chi connectivity index (χ2n) is 2.17. The summed E-state index contributed by atoms with van der Waals surface area (Å²) >= 11 is 11.2. The highest BCUT2D eigenvalue weighted by Crippen LogP contribution is 2.33. The van der Waals surface area contributed by atoms with Crippen LogP contribution in [0.4, 0.5) is 0 Å². The van der Waals surface area contributed by atoms with Gasteiger partial charge in [0.1, 0.15) is 22.9 Å². The van der Waals surface area contributed by atoms with Gasteiger partial charge in [-0.05, 0) is 0 Å². The van der Waals surface area contributed by atoms with Gasteiger partial charge in [0.25, 0.3) is 0 Å². The summed E-state index contributed by atoms with van der Waals surface area (Å²) < 4.78 is 0. The van der Waals surface area contributed by atoms with Crippen LogP contribution >= 0.6 is 23.2 Å². The molecule has 0 aromatic heterocycles. The molecule has 0 aliphatic carbocycles. The quantitative estimate of drug-likeness (QED) is 0.719. The van der Waals surface area contributed by atoms with E-state index in [4.69, 9.17) is 38.8 Å². The molecule has 0 heterocycles. The van der Waals surface area contributed by atoms with E-state index in [1.807, 2.05) is 0 Å². The van der Waals surface area contributed by atoms with E-state index < -0.39 is 0 Å². The molecule has 3 nitrogen and oxygen atoms in total. The summed E-state index contributed by atoms with van der Waals surface area (Å²) in [6, 6.07) is 4.56. The number of hydrogen-bond acceptors (Lipinski definition) is 3. The molecule has 13 heavy (non-hydrogen) atoms. The van der Waals surface area contributed by atoms with Gasteiger partial charge in [0.2, 0.25) is 0 Å². The zero-order chi connectivity index (χ0) is 10.0. The maximum absolute atomic E-state index is 9.16. The number of benzene rings is 1. The van der Waals surface area contributed by atoms with Gasteiger partial charge in [-0.15, -0.1) is 0 Å². The fraction of sp³-hybridized carbons (Fsp3) is 0. The number of hydrogen-bond donors (Lipinski definition) is 1. The number of phenolic OH excluding ortho intramolecular Hbond substituents is 1. The Bertz CT molecular complexity index is 443. The van der Waals surface area contributed by atoms with Crippen molar-refractivity contribution >= 4 is 23.2 Å². The van der Waals surface area contributed by atoms with Crippen LogP contribution in [-0.4, -0.2) is 5.11 Å². The first-order valence-electron chi connectivity index (χ1n) is 3.13. The first-order chi connectivity index (χ1) is 6.11. The van der Waals surface area contributed by atoms with Crippen LogP contribution < -0.4 is 0 Å². The summed E-state index contributed by atoms with van der Waals surface area (Å²) in [5, 5.41) is 26.3. The fourth-order valence-corrected chi connectivity index (χ4v) is 1.26. The number of aromatic hydroxyl groups is 1. The maximum Gasteiger partial charge on any atom is 0.137 e. The number of nitriles is 2. The molecule has 5 heteroatoms. The summed E-state index contributed by atoms with van der Waals surface area (Å²) in [6.07, 6.45) is 0. The number of rotatable bonds is 0. The third-order valence-electron chi connectivity index (χ3n) is 1.42. The van der Waals surface area contributed by atoms with Gasteiger partial charge in [-0.25, -0.2) is 0 Å². The number of phenols is 1. The van der Waals surface area contributed by atoms with Gasteiger partial charge < -0.3 is 5.11 Å². The Morgan fingerprint density at radius 2 is 1.69 bits per heavy atom. The molecule has 0 unspecified atom stereocenters. The van der Waals surface area contributed by atoms with Crippen molar-refractivity contribution in [2.45, 2.75) is 0 Å². The molecule has 0 spiro atoms. The average molecular weight is 213 g/mol. The molecule has 1 N–H and O–H groups in total. The molecule has 0 bridgehead atoms. The highest BCUT2D eigenvalue weighted by atomic mass is 35.5. The van der Waals surface area contributed by atoms with Gasteiger partial charge >= 0.3 is 0 Å². The molecule has 1 rings (SSSR count). The Balaban J connectivity index is 3.66. The molecule has 0 aliphatic rings. The SMILES string of the molecule is N#Cc1c(Cl)cc(O)c(Cl)c1C#N. The summed E-state index contributed by atoms with van der Waals surface area (Å²) in [5.41, 5.74) is -0.124. The lowest BCUT2D eigenvalue weighted by Gasteiger charge is -2.02. The molecule has 1 aromatic rings. The number of nitrogens with zero attached hydrogens (tertiary/aromatic N) is 2. The van der Waals surface area contributed by atoms with E-state index in [2.05, 4.69) is 0 Å². The lowest BCUT2D eigenvalue weighted by atomic mass is 10.1. The Hall–Kier alpha value is -1.42. The van der Waals surface area contributed by atoms with Gasteiger partial charge in [0, 0.05) is 6.07 Å². The smallest absolute Gasteiger partial charge is 0.137 e. The Kier molecular flexibility index (Phi) is 2.63. The first kappa shape index (κ1) is 9.67. The molecule has 0 saturated carbocycles. The lowest BCUT2D eigenvalue weighted by molar-refractivity contribution is 0.475. The maximum atomic E-state index is 9.16. The van der Waals surface area contributed by atoms with Crippen LogP contribution in [0.5, 0.6) is 5.75 Å². The molecule has 0 aliphatic heterocycles. The van der Waals surface area contributed by atoms with Gasteiger partial charge in [-0.2, -0.15) is 10.5 Å². The minimum Gasteiger partial charge on any atom is -0.506 e. The Labute approximate surface area is 84.3 Å². The van der Waals surface area contributed by atoms with E-state index in [1.54, 1.807) is 12.1 Å². The zero-order valence-electron chi connectivity index (χ0n) is 6.17.